The van der Waals surface area contributed by atoms with E-state index in [1.165, 1.54) is 44.3 Å². The highest BCUT2D eigenvalue weighted by Crippen LogP contribution is 2.43. The number of aliphatic hydroxyl groups is 1. The van der Waals surface area contributed by atoms with Crippen molar-refractivity contribution in [1.29, 1.82) is 0 Å². The molecule has 0 radical (unpaired) electrons. The molecule has 4 rings (SSSR count). The third kappa shape index (κ3) is 3.89. The Morgan fingerprint density at radius 1 is 1.14 bits per heavy atom. The van der Waals surface area contributed by atoms with E-state index in [0.717, 1.165) is 43.0 Å². The Morgan fingerprint density at radius 3 is 2.71 bits per heavy atom. The molecule has 0 spiro atoms. The lowest BCUT2D eigenvalue weighted by molar-refractivity contribution is -0.0834. The second-order valence-corrected chi connectivity index (χ2v) is 8.66. The molecular weight excluding hydrogens is 352 g/mol. The molecule has 5 heteroatoms. The minimum absolute atomic E-state index is 0.279. The summed E-state index contributed by atoms with van der Waals surface area (Å²) in [4.78, 5) is 5.43. The SMILES string of the molecule is CCOc1ccc(CN2C[C@@H]3CCCN4CCC[C@@H]([C@H]34)[C@H]2CCO)cc1OC. The summed E-state index contributed by atoms with van der Waals surface area (Å²) < 4.78 is 11.2. The number of hydrogen-bond acceptors (Lipinski definition) is 5. The molecule has 1 aromatic carbocycles. The van der Waals surface area contributed by atoms with Gasteiger partial charge in [-0.3, -0.25) is 9.80 Å². The van der Waals surface area contributed by atoms with Gasteiger partial charge in [0.1, 0.15) is 0 Å². The van der Waals surface area contributed by atoms with Crippen molar-refractivity contribution in [1.82, 2.24) is 9.80 Å². The average Bonchev–Trinajstić information content (AvgIpc) is 2.72. The normalized spacial score (nSPS) is 30.7. The van der Waals surface area contributed by atoms with Crippen molar-refractivity contribution in [2.24, 2.45) is 11.8 Å². The zero-order chi connectivity index (χ0) is 19.5. The number of benzene rings is 1. The fourth-order valence-corrected chi connectivity index (χ4v) is 6.11. The number of methoxy groups -OCH3 is 1. The number of nitrogens with zero attached hydrogens (tertiary/aromatic N) is 2. The minimum Gasteiger partial charge on any atom is -0.493 e. The summed E-state index contributed by atoms with van der Waals surface area (Å²) in [6, 6.07) is 7.55. The van der Waals surface area contributed by atoms with Crippen molar-refractivity contribution >= 4 is 0 Å². The topological polar surface area (TPSA) is 45.2 Å². The van der Waals surface area contributed by atoms with Crippen molar-refractivity contribution < 1.29 is 14.6 Å². The van der Waals surface area contributed by atoms with Gasteiger partial charge in [0.05, 0.1) is 13.7 Å². The molecule has 28 heavy (non-hydrogen) atoms. The van der Waals surface area contributed by atoms with Gasteiger partial charge in [-0.05, 0) is 81.6 Å². The van der Waals surface area contributed by atoms with E-state index in [4.69, 9.17) is 9.47 Å². The lowest BCUT2D eigenvalue weighted by Gasteiger charge is -2.57. The molecule has 0 amide bonds. The quantitative estimate of drug-likeness (QED) is 0.777. The van der Waals surface area contributed by atoms with Crippen LogP contribution in [0.1, 0.15) is 44.6 Å². The van der Waals surface area contributed by atoms with Crippen LogP contribution in [0.5, 0.6) is 11.5 Å². The second kappa shape index (κ2) is 9.02. The first kappa shape index (κ1) is 20.0. The molecule has 3 aliphatic rings. The maximum Gasteiger partial charge on any atom is 0.161 e. The van der Waals surface area contributed by atoms with Crippen molar-refractivity contribution in [3.05, 3.63) is 23.8 Å². The molecule has 0 saturated carbocycles. The number of hydrogen-bond donors (Lipinski definition) is 1. The zero-order valence-corrected chi connectivity index (χ0v) is 17.5. The minimum atomic E-state index is 0.279. The summed E-state index contributed by atoms with van der Waals surface area (Å²) in [5, 5.41) is 9.80. The third-order valence-electron chi connectivity index (χ3n) is 7.12. The number of rotatable bonds is 7. The van der Waals surface area contributed by atoms with E-state index < -0.39 is 0 Å². The van der Waals surface area contributed by atoms with E-state index in [1.807, 2.05) is 13.0 Å². The predicted octanol–water partition coefficient (Wildman–Crippen LogP) is 3.15. The lowest BCUT2D eigenvalue weighted by Crippen LogP contribution is -2.64. The van der Waals surface area contributed by atoms with E-state index in [9.17, 15) is 5.11 Å². The Kier molecular flexibility index (Phi) is 6.44. The number of piperidine rings is 3. The maximum atomic E-state index is 9.80. The molecule has 5 nitrogen and oxygen atoms in total. The first-order valence-electron chi connectivity index (χ1n) is 11.1. The van der Waals surface area contributed by atoms with Crippen LogP contribution in [-0.2, 0) is 6.54 Å². The fraction of sp³-hybridized carbons (Fsp3) is 0.739. The van der Waals surface area contributed by atoms with Gasteiger partial charge in [-0.15, -0.1) is 0 Å². The van der Waals surface area contributed by atoms with Crippen molar-refractivity contribution in [2.75, 3.05) is 40.0 Å². The highest BCUT2D eigenvalue weighted by molar-refractivity contribution is 5.43. The molecule has 3 saturated heterocycles. The summed E-state index contributed by atoms with van der Waals surface area (Å²) in [5.41, 5.74) is 1.27. The molecule has 1 N–H and O–H groups in total. The molecule has 3 fully saturated rings. The molecule has 1 aromatic rings. The molecule has 0 bridgehead atoms. The summed E-state index contributed by atoms with van der Waals surface area (Å²) in [7, 11) is 1.71. The van der Waals surface area contributed by atoms with E-state index in [1.54, 1.807) is 7.11 Å². The third-order valence-corrected chi connectivity index (χ3v) is 7.12. The Balaban J connectivity index is 1.56. The molecule has 3 heterocycles. The van der Waals surface area contributed by atoms with Gasteiger partial charge >= 0.3 is 0 Å². The van der Waals surface area contributed by atoms with Gasteiger partial charge in [-0.1, -0.05) is 6.07 Å². The van der Waals surface area contributed by atoms with Crippen LogP contribution in [-0.4, -0.2) is 66.9 Å². The number of ether oxygens (including phenoxy) is 2. The van der Waals surface area contributed by atoms with E-state index in [0.29, 0.717) is 18.6 Å². The van der Waals surface area contributed by atoms with Crippen molar-refractivity contribution in [3.63, 3.8) is 0 Å². The van der Waals surface area contributed by atoms with Crippen LogP contribution in [0.2, 0.25) is 0 Å². The van der Waals surface area contributed by atoms with Crippen LogP contribution in [0.4, 0.5) is 0 Å². The van der Waals surface area contributed by atoms with E-state index in [2.05, 4.69) is 21.9 Å². The van der Waals surface area contributed by atoms with Gasteiger partial charge in [-0.25, -0.2) is 0 Å². The number of likely N-dealkylation sites (tertiary alicyclic amines) is 1. The largest absolute Gasteiger partial charge is 0.493 e. The molecule has 0 aliphatic carbocycles. The Morgan fingerprint density at radius 2 is 1.96 bits per heavy atom. The molecule has 156 valence electrons. The first-order valence-corrected chi connectivity index (χ1v) is 11.1. The van der Waals surface area contributed by atoms with Gasteiger partial charge in [0.15, 0.2) is 11.5 Å². The molecule has 4 atom stereocenters. The van der Waals surface area contributed by atoms with E-state index in [-0.39, 0.29) is 6.61 Å². The predicted molar refractivity (Wildman–Crippen MR) is 111 cm³/mol. The van der Waals surface area contributed by atoms with Gasteiger partial charge in [0.25, 0.3) is 0 Å². The smallest absolute Gasteiger partial charge is 0.161 e. The maximum absolute atomic E-state index is 9.80. The monoisotopic (exact) mass is 388 g/mol. The van der Waals surface area contributed by atoms with Gasteiger partial charge < -0.3 is 14.6 Å². The van der Waals surface area contributed by atoms with Crippen LogP contribution in [0.15, 0.2) is 18.2 Å². The lowest BCUT2D eigenvalue weighted by atomic mass is 9.69. The molecule has 0 aromatic heterocycles. The Labute approximate surface area is 169 Å². The summed E-state index contributed by atoms with van der Waals surface area (Å²) in [5.74, 6) is 3.10. The van der Waals surface area contributed by atoms with Crippen LogP contribution >= 0.6 is 0 Å². The molecular formula is C23H36N2O3. The zero-order valence-electron chi connectivity index (χ0n) is 17.5. The highest BCUT2D eigenvalue weighted by atomic mass is 16.5. The highest BCUT2D eigenvalue weighted by Gasteiger charge is 2.48. The fourth-order valence-electron chi connectivity index (χ4n) is 6.11. The Hall–Kier alpha value is -1.30. The van der Waals surface area contributed by atoms with Crippen LogP contribution in [0.3, 0.4) is 0 Å². The number of aliphatic hydroxyl groups excluding tert-OH is 1. The van der Waals surface area contributed by atoms with Crippen LogP contribution < -0.4 is 9.47 Å². The Bertz CT molecular complexity index is 651. The summed E-state index contributed by atoms with van der Waals surface area (Å²) in [6.07, 6.45) is 6.19. The average molecular weight is 389 g/mol. The van der Waals surface area contributed by atoms with E-state index >= 15 is 0 Å². The van der Waals surface area contributed by atoms with Gasteiger partial charge in [0.2, 0.25) is 0 Å². The molecule has 3 aliphatic heterocycles. The van der Waals surface area contributed by atoms with Crippen molar-refractivity contribution in [3.8, 4) is 11.5 Å². The van der Waals surface area contributed by atoms with Crippen LogP contribution in [0.25, 0.3) is 0 Å². The molecule has 0 unspecified atom stereocenters. The summed E-state index contributed by atoms with van der Waals surface area (Å²) >= 11 is 0. The first-order chi connectivity index (χ1) is 13.7. The second-order valence-electron chi connectivity index (χ2n) is 8.66. The summed E-state index contributed by atoms with van der Waals surface area (Å²) in [6.45, 7) is 7.54. The van der Waals surface area contributed by atoms with Gasteiger partial charge in [0, 0.05) is 31.8 Å². The van der Waals surface area contributed by atoms with Crippen LogP contribution in [0, 0.1) is 11.8 Å². The van der Waals surface area contributed by atoms with Crippen molar-refractivity contribution in [2.45, 2.75) is 57.7 Å². The van der Waals surface area contributed by atoms with Gasteiger partial charge in [-0.2, -0.15) is 0 Å². The standard InChI is InChI=1S/C23H36N2O3/c1-3-28-21-9-8-17(14-22(21)27-2)15-25-16-18-6-4-11-24-12-5-7-19(23(18)24)20(25)10-13-26/h8-9,14,18-20,23,26H,3-7,10-13,15-16H2,1-2H3/t18-,19+,20+,23-/m0/s1.